The average molecular weight is 394 g/mol. The van der Waals surface area contributed by atoms with Crippen LogP contribution >= 0.6 is 0 Å². The van der Waals surface area contributed by atoms with Gasteiger partial charge in [-0.1, -0.05) is 13.8 Å². The van der Waals surface area contributed by atoms with Crippen LogP contribution < -0.4 is 5.32 Å². The normalized spacial score (nSPS) is 12.7. The number of nitrogens with one attached hydrogen (secondary N) is 1. The van der Waals surface area contributed by atoms with Crippen LogP contribution in [-0.4, -0.2) is 60.9 Å². The molecule has 2 unspecified atom stereocenters. The number of hydrogen-bond donors (Lipinski definition) is 2. The number of carbonyl (C=O) groups excluding carboxylic acids is 2. The fourth-order valence-corrected chi connectivity index (χ4v) is 2.14. The standard InChI is InChI=1S/C15H26N2O10/c1-10(2)6-12(7-13(18)19)8-16-15(21)27-11(3)26-14(20)9-24-4-5-25-17(22)23/h10-12H,4-9H2,1-3H3,(H,16,21)(H,18,19). The summed E-state index contributed by atoms with van der Waals surface area (Å²) in [6.07, 6.45) is -1.51. The second-order valence-corrected chi connectivity index (χ2v) is 6.05. The second kappa shape index (κ2) is 13.6. The number of carbonyl (C=O) groups is 3. The van der Waals surface area contributed by atoms with Crippen LogP contribution in [0.15, 0.2) is 0 Å². The van der Waals surface area contributed by atoms with Crippen molar-refractivity contribution in [2.75, 3.05) is 26.4 Å². The Balaban J connectivity index is 4.05. The molecule has 0 aromatic carbocycles. The van der Waals surface area contributed by atoms with Gasteiger partial charge in [-0.3, -0.25) is 4.79 Å². The zero-order valence-electron chi connectivity index (χ0n) is 15.5. The molecule has 0 radical (unpaired) electrons. The molecule has 27 heavy (non-hydrogen) atoms. The molecule has 0 rings (SSSR count). The van der Waals surface area contributed by atoms with Crippen molar-refractivity contribution in [1.29, 1.82) is 0 Å². The summed E-state index contributed by atoms with van der Waals surface area (Å²) in [5.74, 6) is -1.77. The number of esters is 1. The van der Waals surface area contributed by atoms with Crippen molar-refractivity contribution < 1.29 is 43.6 Å². The van der Waals surface area contributed by atoms with E-state index in [0.29, 0.717) is 6.42 Å². The van der Waals surface area contributed by atoms with E-state index in [1.54, 1.807) is 0 Å². The summed E-state index contributed by atoms with van der Waals surface area (Å²) in [7, 11) is 0. The zero-order valence-corrected chi connectivity index (χ0v) is 15.5. The molecule has 156 valence electrons. The van der Waals surface area contributed by atoms with Gasteiger partial charge in [0.2, 0.25) is 6.29 Å². The molecule has 0 aliphatic heterocycles. The van der Waals surface area contributed by atoms with Crippen molar-refractivity contribution in [3.05, 3.63) is 10.1 Å². The first-order valence-corrected chi connectivity index (χ1v) is 8.31. The van der Waals surface area contributed by atoms with Gasteiger partial charge in [-0.15, -0.1) is 10.1 Å². The van der Waals surface area contributed by atoms with Crippen LogP contribution in [0.2, 0.25) is 0 Å². The highest BCUT2D eigenvalue weighted by Gasteiger charge is 2.18. The van der Waals surface area contributed by atoms with E-state index in [1.807, 2.05) is 13.8 Å². The molecule has 0 bridgehead atoms. The smallest absolute Gasteiger partial charge is 0.410 e. The lowest BCUT2D eigenvalue weighted by Crippen LogP contribution is -2.34. The average Bonchev–Trinajstić information content (AvgIpc) is 2.50. The minimum absolute atomic E-state index is 0.0828. The molecule has 2 atom stereocenters. The minimum Gasteiger partial charge on any atom is -0.481 e. The van der Waals surface area contributed by atoms with Crippen LogP contribution in [0.3, 0.4) is 0 Å². The van der Waals surface area contributed by atoms with E-state index in [2.05, 4.69) is 10.2 Å². The molecule has 0 saturated heterocycles. The van der Waals surface area contributed by atoms with Crippen LogP contribution in [0.1, 0.15) is 33.6 Å². The Morgan fingerprint density at radius 3 is 2.37 bits per heavy atom. The summed E-state index contributed by atoms with van der Waals surface area (Å²) >= 11 is 0. The van der Waals surface area contributed by atoms with Gasteiger partial charge >= 0.3 is 18.0 Å². The molecular weight excluding hydrogens is 368 g/mol. The molecule has 0 aromatic heterocycles. The van der Waals surface area contributed by atoms with E-state index >= 15 is 0 Å². The highest BCUT2D eigenvalue weighted by molar-refractivity contribution is 5.71. The number of hydrogen-bond acceptors (Lipinski definition) is 9. The maximum atomic E-state index is 11.7. The Labute approximate surface area is 156 Å². The number of carboxylic acid groups (broad SMARTS) is 1. The monoisotopic (exact) mass is 394 g/mol. The van der Waals surface area contributed by atoms with Crippen LogP contribution in [0.25, 0.3) is 0 Å². The van der Waals surface area contributed by atoms with Crippen molar-refractivity contribution >= 4 is 18.0 Å². The molecule has 12 heteroatoms. The third-order valence-corrected chi connectivity index (χ3v) is 3.02. The van der Waals surface area contributed by atoms with Crippen LogP contribution in [0, 0.1) is 22.0 Å². The highest BCUT2D eigenvalue weighted by atomic mass is 17.0. The first kappa shape index (κ1) is 24.4. The summed E-state index contributed by atoms with van der Waals surface area (Å²) in [5.41, 5.74) is 0. The summed E-state index contributed by atoms with van der Waals surface area (Å²) in [6.45, 7) is 4.31. The fourth-order valence-electron chi connectivity index (χ4n) is 2.14. The Morgan fingerprint density at radius 1 is 1.15 bits per heavy atom. The Kier molecular flexibility index (Phi) is 12.2. The predicted octanol–water partition coefficient (Wildman–Crippen LogP) is 0.964. The zero-order chi connectivity index (χ0) is 20.8. The van der Waals surface area contributed by atoms with Crippen LogP contribution in [0.5, 0.6) is 0 Å². The number of carboxylic acids is 1. The quantitative estimate of drug-likeness (QED) is 0.143. The Bertz CT molecular complexity index is 497. The van der Waals surface area contributed by atoms with E-state index in [9.17, 15) is 24.5 Å². The molecule has 0 aromatic rings. The molecule has 2 N–H and O–H groups in total. The summed E-state index contributed by atoms with van der Waals surface area (Å²) in [5, 5.41) is 20.2. The molecule has 1 amide bonds. The van der Waals surface area contributed by atoms with Crippen molar-refractivity contribution in [3.8, 4) is 0 Å². The topological polar surface area (TPSA) is 164 Å². The van der Waals surface area contributed by atoms with Gasteiger partial charge in [0.1, 0.15) is 13.2 Å². The number of alkyl carbamates (subject to hydrolysis) is 1. The number of aliphatic carboxylic acids is 1. The Hall–Kier alpha value is -2.63. The predicted molar refractivity (Wildman–Crippen MR) is 89.0 cm³/mol. The van der Waals surface area contributed by atoms with Crippen LogP contribution in [-0.2, 0) is 28.6 Å². The number of ether oxygens (including phenoxy) is 3. The van der Waals surface area contributed by atoms with Gasteiger partial charge in [0.05, 0.1) is 6.61 Å². The third kappa shape index (κ3) is 15.3. The van der Waals surface area contributed by atoms with E-state index in [-0.39, 0.29) is 38.0 Å². The van der Waals surface area contributed by atoms with E-state index in [0.717, 1.165) is 0 Å². The Morgan fingerprint density at radius 2 is 1.81 bits per heavy atom. The van der Waals surface area contributed by atoms with Gasteiger partial charge in [0.15, 0.2) is 0 Å². The van der Waals surface area contributed by atoms with Gasteiger partial charge in [0.25, 0.3) is 5.09 Å². The molecule has 0 heterocycles. The minimum atomic E-state index is -1.20. The molecule has 0 spiro atoms. The highest BCUT2D eigenvalue weighted by Crippen LogP contribution is 2.14. The SMILES string of the molecule is CC(C)CC(CNC(=O)OC(C)OC(=O)COCCO[N+](=O)[O-])CC(=O)O. The lowest BCUT2D eigenvalue weighted by molar-refractivity contribution is -0.758. The largest absolute Gasteiger partial charge is 0.481 e. The van der Waals surface area contributed by atoms with Gasteiger partial charge < -0.3 is 29.5 Å². The van der Waals surface area contributed by atoms with Crippen molar-refractivity contribution in [3.63, 3.8) is 0 Å². The van der Waals surface area contributed by atoms with E-state index in [1.165, 1.54) is 6.92 Å². The van der Waals surface area contributed by atoms with Gasteiger partial charge in [-0.2, -0.15) is 0 Å². The first-order chi connectivity index (χ1) is 12.6. The van der Waals surface area contributed by atoms with E-state index in [4.69, 9.17) is 19.3 Å². The lowest BCUT2D eigenvalue weighted by atomic mass is 9.94. The van der Waals surface area contributed by atoms with Crippen LogP contribution in [0.4, 0.5) is 4.79 Å². The van der Waals surface area contributed by atoms with Gasteiger partial charge in [-0.05, 0) is 18.3 Å². The van der Waals surface area contributed by atoms with Crippen molar-refractivity contribution in [1.82, 2.24) is 5.32 Å². The van der Waals surface area contributed by atoms with Crippen molar-refractivity contribution in [2.45, 2.75) is 39.9 Å². The fraction of sp³-hybridized carbons (Fsp3) is 0.800. The summed E-state index contributed by atoms with van der Waals surface area (Å²) in [4.78, 5) is 47.9. The maximum Gasteiger partial charge on any atom is 0.410 e. The summed E-state index contributed by atoms with van der Waals surface area (Å²) in [6, 6.07) is 0. The maximum absolute atomic E-state index is 11.7. The molecule has 12 nitrogen and oxygen atoms in total. The molecular formula is C15H26N2O10. The van der Waals surface area contributed by atoms with Gasteiger partial charge in [0, 0.05) is 19.9 Å². The molecule has 0 aliphatic carbocycles. The third-order valence-electron chi connectivity index (χ3n) is 3.02. The number of rotatable bonds is 14. The number of amides is 1. The summed E-state index contributed by atoms with van der Waals surface area (Å²) < 4.78 is 14.4. The molecule has 0 fully saturated rings. The van der Waals surface area contributed by atoms with Gasteiger partial charge in [-0.25, -0.2) is 9.59 Å². The second-order valence-electron chi connectivity index (χ2n) is 6.05. The lowest BCUT2D eigenvalue weighted by Gasteiger charge is -2.19. The van der Waals surface area contributed by atoms with E-state index < -0.39 is 36.0 Å². The van der Waals surface area contributed by atoms with Crippen molar-refractivity contribution in [2.24, 2.45) is 11.8 Å². The first-order valence-electron chi connectivity index (χ1n) is 8.31. The number of nitrogens with zero attached hydrogens (tertiary/aromatic N) is 1. The molecule has 0 saturated carbocycles. The molecule has 0 aliphatic rings.